The highest BCUT2D eigenvalue weighted by atomic mass is 32.2. The number of carbonyl (C=O) groups is 1. The Labute approximate surface area is 180 Å². The lowest BCUT2D eigenvalue weighted by molar-refractivity contribution is -0.133. The first-order chi connectivity index (χ1) is 14.6. The van der Waals surface area contributed by atoms with Crippen LogP contribution in [0.15, 0.2) is 29.3 Å². The molecule has 2 aromatic rings. The van der Waals surface area contributed by atoms with Gasteiger partial charge in [0.2, 0.25) is 16.0 Å². The van der Waals surface area contributed by atoms with Crippen molar-refractivity contribution >= 4 is 33.4 Å². The molecule has 0 radical (unpaired) electrons. The monoisotopic (exact) mass is 449 g/mol. The molecule has 4 rings (SSSR count). The molecule has 9 nitrogen and oxygen atoms in total. The molecular weight excluding hydrogens is 425 g/mol. The van der Waals surface area contributed by atoms with E-state index in [1.54, 1.807) is 18.7 Å². The van der Waals surface area contributed by atoms with Gasteiger partial charge in [-0.1, -0.05) is 12.8 Å². The minimum Gasteiger partial charge on any atom is -0.472 e. The number of fused-ring (bicyclic) bond motifs is 1. The van der Waals surface area contributed by atoms with Crippen LogP contribution in [0.25, 0.3) is 0 Å². The summed E-state index contributed by atoms with van der Waals surface area (Å²) in [4.78, 5) is 23.2. The Bertz CT molecular complexity index is 1130. The lowest BCUT2D eigenvalue weighted by atomic mass is 10.0. The summed E-state index contributed by atoms with van der Waals surface area (Å²) < 4.78 is 46.2. The Balaban J connectivity index is 1.67. The van der Waals surface area contributed by atoms with E-state index in [1.165, 1.54) is 25.4 Å². The number of halogens is 1. The number of anilines is 3. The Morgan fingerprint density at radius 3 is 2.61 bits per heavy atom. The molecule has 0 saturated heterocycles. The van der Waals surface area contributed by atoms with Crippen LogP contribution in [0, 0.1) is 5.82 Å². The molecule has 1 aromatic carbocycles. The quantitative estimate of drug-likeness (QED) is 0.721. The second-order valence-corrected chi connectivity index (χ2v) is 9.97. The van der Waals surface area contributed by atoms with Crippen LogP contribution in [-0.4, -0.2) is 43.0 Å². The summed E-state index contributed by atoms with van der Waals surface area (Å²) in [7, 11) is -2.52. The standard InChI is InChI=1S/C20H24FN5O4S/c1-20(2)18(27)26(12-6-4-5-7-12)17-16(30-20)11-23-19(25-17)24-15-9-8-13(10-14(15)21)31(28,29)22-3/h8-12,22H,4-7H2,1-3H3,(H,23,24,25). The number of benzene rings is 1. The third-order valence-electron chi connectivity index (χ3n) is 5.52. The van der Waals surface area contributed by atoms with Crippen LogP contribution < -0.4 is 19.7 Å². The highest BCUT2D eigenvalue weighted by molar-refractivity contribution is 7.89. The number of aromatic nitrogens is 2. The third kappa shape index (κ3) is 3.94. The summed E-state index contributed by atoms with van der Waals surface area (Å²) in [5.74, 6) is -0.148. The molecule has 1 aromatic heterocycles. The van der Waals surface area contributed by atoms with Gasteiger partial charge >= 0.3 is 0 Å². The summed E-state index contributed by atoms with van der Waals surface area (Å²) in [5.41, 5.74) is -1.03. The average molecular weight is 450 g/mol. The highest BCUT2D eigenvalue weighted by Crippen LogP contribution is 2.40. The number of carbonyl (C=O) groups excluding carboxylic acids is 1. The van der Waals surface area contributed by atoms with Crippen molar-refractivity contribution in [3.63, 3.8) is 0 Å². The van der Waals surface area contributed by atoms with E-state index in [4.69, 9.17) is 4.74 Å². The molecule has 31 heavy (non-hydrogen) atoms. The van der Waals surface area contributed by atoms with Gasteiger partial charge in [-0.3, -0.25) is 9.69 Å². The summed E-state index contributed by atoms with van der Waals surface area (Å²) in [6.45, 7) is 3.42. The smallest absolute Gasteiger partial charge is 0.272 e. The fraction of sp³-hybridized carbons (Fsp3) is 0.450. The molecule has 2 N–H and O–H groups in total. The summed E-state index contributed by atoms with van der Waals surface area (Å²) in [6.07, 6.45) is 5.29. The van der Waals surface area contributed by atoms with Crippen LogP contribution in [0.3, 0.4) is 0 Å². The lowest BCUT2D eigenvalue weighted by Gasteiger charge is -2.40. The molecule has 1 saturated carbocycles. The van der Waals surface area contributed by atoms with E-state index in [0.717, 1.165) is 31.7 Å². The molecule has 1 aliphatic heterocycles. The Kier molecular flexibility index (Phi) is 5.34. The van der Waals surface area contributed by atoms with Gasteiger partial charge < -0.3 is 10.1 Å². The van der Waals surface area contributed by atoms with E-state index >= 15 is 0 Å². The van der Waals surface area contributed by atoms with Gasteiger partial charge in [-0.2, -0.15) is 4.98 Å². The average Bonchev–Trinajstić information content (AvgIpc) is 3.25. The van der Waals surface area contributed by atoms with Gasteiger partial charge in [0.25, 0.3) is 5.91 Å². The first-order valence-corrected chi connectivity index (χ1v) is 11.5. The van der Waals surface area contributed by atoms with Gasteiger partial charge in [-0.05, 0) is 51.9 Å². The molecule has 166 valence electrons. The van der Waals surface area contributed by atoms with Crippen molar-refractivity contribution in [2.24, 2.45) is 0 Å². The minimum atomic E-state index is -3.77. The topological polar surface area (TPSA) is 114 Å². The highest BCUT2D eigenvalue weighted by Gasteiger charge is 2.45. The van der Waals surface area contributed by atoms with E-state index in [0.29, 0.717) is 11.6 Å². The third-order valence-corrected chi connectivity index (χ3v) is 6.93. The van der Waals surface area contributed by atoms with Gasteiger partial charge in [0.05, 0.1) is 16.8 Å². The maximum Gasteiger partial charge on any atom is 0.272 e. The van der Waals surface area contributed by atoms with Crippen molar-refractivity contribution in [1.82, 2.24) is 14.7 Å². The maximum atomic E-state index is 14.5. The zero-order chi connectivity index (χ0) is 22.4. The number of nitrogens with one attached hydrogen (secondary N) is 2. The van der Waals surface area contributed by atoms with Crippen LogP contribution in [0.1, 0.15) is 39.5 Å². The second kappa shape index (κ2) is 7.72. The van der Waals surface area contributed by atoms with Crippen LogP contribution in [-0.2, 0) is 14.8 Å². The predicted octanol–water partition coefficient (Wildman–Crippen LogP) is 2.71. The van der Waals surface area contributed by atoms with Crippen molar-refractivity contribution in [1.29, 1.82) is 0 Å². The van der Waals surface area contributed by atoms with Crippen LogP contribution in [0.4, 0.5) is 21.8 Å². The molecular formula is C20H24FN5O4S. The Morgan fingerprint density at radius 1 is 1.26 bits per heavy atom. The fourth-order valence-corrected chi connectivity index (χ4v) is 4.62. The second-order valence-electron chi connectivity index (χ2n) is 8.08. The van der Waals surface area contributed by atoms with E-state index in [-0.39, 0.29) is 28.5 Å². The molecule has 0 spiro atoms. The van der Waals surface area contributed by atoms with E-state index in [1.807, 2.05) is 0 Å². The minimum absolute atomic E-state index is 0.00537. The number of rotatable bonds is 5. The molecule has 0 atom stereocenters. The Hall–Kier alpha value is -2.79. The molecule has 1 aliphatic carbocycles. The predicted molar refractivity (Wildman–Crippen MR) is 112 cm³/mol. The van der Waals surface area contributed by atoms with E-state index in [9.17, 15) is 17.6 Å². The van der Waals surface area contributed by atoms with Gasteiger partial charge in [0.1, 0.15) is 5.82 Å². The first kappa shape index (κ1) is 21.4. The first-order valence-electron chi connectivity index (χ1n) is 10.0. The van der Waals surface area contributed by atoms with Crippen molar-refractivity contribution in [3.05, 3.63) is 30.2 Å². The molecule has 0 bridgehead atoms. The summed E-state index contributed by atoms with van der Waals surface area (Å²) in [5, 5.41) is 2.76. The van der Waals surface area contributed by atoms with Gasteiger partial charge in [-0.25, -0.2) is 22.5 Å². The van der Waals surface area contributed by atoms with E-state index < -0.39 is 21.4 Å². The van der Waals surface area contributed by atoms with Gasteiger partial charge in [-0.15, -0.1) is 0 Å². The zero-order valence-electron chi connectivity index (χ0n) is 17.5. The molecule has 2 heterocycles. The van der Waals surface area contributed by atoms with Crippen molar-refractivity contribution in [2.45, 2.75) is 56.1 Å². The van der Waals surface area contributed by atoms with Crippen molar-refractivity contribution in [2.75, 3.05) is 17.3 Å². The zero-order valence-corrected chi connectivity index (χ0v) is 18.3. The lowest BCUT2D eigenvalue weighted by Crippen LogP contribution is -2.55. The molecule has 2 aliphatic rings. The normalized spacial score (nSPS) is 18.6. The maximum absolute atomic E-state index is 14.5. The number of sulfonamides is 1. The van der Waals surface area contributed by atoms with Gasteiger partial charge in [0.15, 0.2) is 17.2 Å². The van der Waals surface area contributed by atoms with Crippen LogP contribution in [0.2, 0.25) is 0 Å². The molecule has 1 fully saturated rings. The van der Waals surface area contributed by atoms with E-state index in [2.05, 4.69) is 20.0 Å². The van der Waals surface area contributed by atoms with Gasteiger partial charge in [0, 0.05) is 6.04 Å². The summed E-state index contributed by atoms with van der Waals surface area (Å²) >= 11 is 0. The van der Waals surface area contributed by atoms with Crippen molar-refractivity contribution < 1.29 is 22.3 Å². The number of hydrogen-bond acceptors (Lipinski definition) is 7. The molecule has 11 heteroatoms. The number of hydrogen-bond donors (Lipinski definition) is 2. The van der Waals surface area contributed by atoms with Crippen molar-refractivity contribution in [3.8, 4) is 5.75 Å². The van der Waals surface area contributed by atoms with Crippen LogP contribution >= 0.6 is 0 Å². The SMILES string of the molecule is CNS(=O)(=O)c1ccc(Nc2ncc3c(n2)N(C2CCCC2)C(=O)C(C)(C)O3)c(F)c1. The molecule has 1 amide bonds. The molecule has 0 unspecified atom stereocenters. The Morgan fingerprint density at radius 2 is 1.97 bits per heavy atom. The summed E-state index contributed by atoms with van der Waals surface area (Å²) in [6, 6.07) is 3.50. The number of nitrogens with zero attached hydrogens (tertiary/aromatic N) is 3. The fourth-order valence-electron chi connectivity index (χ4n) is 3.88. The van der Waals surface area contributed by atoms with Crippen LogP contribution in [0.5, 0.6) is 5.75 Å². The number of ether oxygens (including phenoxy) is 1. The number of amides is 1. The largest absolute Gasteiger partial charge is 0.472 e.